The number of nitrogens with zero attached hydrogens (tertiary/aromatic N) is 3. The molecule has 1 aliphatic heterocycles. The lowest BCUT2D eigenvalue weighted by Crippen LogP contribution is -2.37. The molecule has 0 radical (unpaired) electrons. The number of nitrogens with two attached hydrogens (primary N) is 1. The molecule has 2 heterocycles. The fourth-order valence-corrected chi connectivity index (χ4v) is 2.20. The topological polar surface area (TPSA) is 64.3 Å². The maximum atomic E-state index is 5.79. The van der Waals surface area contributed by atoms with Gasteiger partial charge in [0.05, 0.1) is 6.10 Å². The van der Waals surface area contributed by atoms with E-state index in [1.807, 2.05) is 13.0 Å². The van der Waals surface area contributed by atoms with Gasteiger partial charge in [-0.25, -0.2) is 9.97 Å². The van der Waals surface area contributed by atoms with Crippen LogP contribution in [0.5, 0.6) is 0 Å². The Bertz CT molecular complexity index is 364. The molecule has 100 valence electrons. The maximum Gasteiger partial charge on any atom is 0.132 e. The predicted octanol–water partition coefficient (Wildman–Crippen LogP) is 1.12. The second kappa shape index (κ2) is 6.66. The van der Waals surface area contributed by atoms with Crippen LogP contribution in [0.25, 0.3) is 0 Å². The third kappa shape index (κ3) is 3.65. The Balaban J connectivity index is 1.79. The van der Waals surface area contributed by atoms with Gasteiger partial charge in [-0.15, -0.1) is 0 Å². The summed E-state index contributed by atoms with van der Waals surface area (Å²) in [5, 5.41) is 0. The molecular weight excluding hydrogens is 228 g/mol. The summed E-state index contributed by atoms with van der Waals surface area (Å²) >= 11 is 0. The highest BCUT2D eigenvalue weighted by atomic mass is 16.5. The summed E-state index contributed by atoms with van der Waals surface area (Å²) in [5.74, 6) is 1.03. The quantitative estimate of drug-likeness (QED) is 0.793. The van der Waals surface area contributed by atoms with Crippen LogP contribution >= 0.6 is 0 Å². The molecule has 5 heteroatoms. The van der Waals surface area contributed by atoms with Gasteiger partial charge in [-0.05, 0) is 32.7 Å². The van der Waals surface area contributed by atoms with Crippen LogP contribution in [0.1, 0.15) is 25.0 Å². The van der Waals surface area contributed by atoms with Crippen molar-refractivity contribution >= 4 is 5.82 Å². The van der Waals surface area contributed by atoms with E-state index >= 15 is 0 Å². The standard InChI is InChI=1S/C13H22N4O/c1-11-9-13(16-10-15-11)17-6-3-12(4-7-17)18-8-2-5-14/h9-10,12H,2-8,14H2,1H3. The van der Waals surface area contributed by atoms with Crippen LogP contribution in [-0.4, -0.2) is 42.3 Å². The van der Waals surface area contributed by atoms with Gasteiger partial charge in [-0.2, -0.15) is 0 Å². The first-order chi connectivity index (χ1) is 8.79. The second-order valence-corrected chi connectivity index (χ2v) is 4.72. The zero-order valence-corrected chi connectivity index (χ0v) is 11.0. The molecule has 1 aromatic heterocycles. The molecule has 1 aliphatic rings. The van der Waals surface area contributed by atoms with E-state index in [9.17, 15) is 0 Å². The van der Waals surface area contributed by atoms with Crippen LogP contribution < -0.4 is 10.6 Å². The summed E-state index contributed by atoms with van der Waals surface area (Å²) in [6.07, 6.45) is 5.09. The number of hydrogen-bond donors (Lipinski definition) is 1. The van der Waals surface area contributed by atoms with Gasteiger partial charge in [0, 0.05) is 31.5 Å². The number of hydrogen-bond acceptors (Lipinski definition) is 5. The molecule has 2 N–H and O–H groups in total. The molecule has 0 spiro atoms. The van der Waals surface area contributed by atoms with Gasteiger partial charge in [-0.3, -0.25) is 0 Å². The first-order valence-electron chi connectivity index (χ1n) is 6.65. The van der Waals surface area contributed by atoms with Gasteiger partial charge >= 0.3 is 0 Å². The second-order valence-electron chi connectivity index (χ2n) is 4.72. The van der Waals surface area contributed by atoms with Crippen LogP contribution in [0, 0.1) is 6.92 Å². The summed E-state index contributed by atoms with van der Waals surface area (Å²) in [6, 6.07) is 2.04. The molecule has 0 bridgehead atoms. The molecular formula is C13H22N4O. The van der Waals surface area contributed by atoms with Crippen molar-refractivity contribution in [2.24, 2.45) is 5.73 Å². The summed E-state index contributed by atoms with van der Waals surface area (Å²) in [4.78, 5) is 10.7. The van der Waals surface area contributed by atoms with Crippen LogP contribution in [0.15, 0.2) is 12.4 Å². The minimum absolute atomic E-state index is 0.385. The average Bonchev–Trinajstić information content (AvgIpc) is 2.40. The third-order valence-corrected chi connectivity index (χ3v) is 3.26. The first kappa shape index (κ1) is 13.2. The number of piperidine rings is 1. The van der Waals surface area contributed by atoms with E-state index in [1.54, 1.807) is 6.33 Å². The van der Waals surface area contributed by atoms with Gasteiger partial charge in [0.25, 0.3) is 0 Å². The zero-order valence-electron chi connectivity index (χ0n) is 11.0. The fraction of sp³-hybridized carbons (Fsp3) is 0.692. The van der Waals surface area contributed by atoms with E-state index in [0.29, 0.717) is 12.6 Å². The van der Waals surface area contributed by atoms with Gasteiger partial charge in [-0.1, -0.05) is 0 Å². The molecule has 5 nitrogen and oxygen atoms in total. The number of rotatable bonds is 5. The van der Waals surface area contributed by atoms with Gasteiger partial charge < -0.3 is 15.4 Å². The number of aromatic nitrogens is 2. The molecule has 1 aromatic rings. The van der Waals surface area contributed by atoms with E-state index in [2.05, 4.69) is 14.9 Å². The molecule has 0 atom stereocenters. The Morgan fingerprint density at radius 3 is 2.83 bits per heavy atom. The van der Waals surface area contributed by atoms with Crippen LogP contribution in [-0.2, 0) is 4.74 Å². The molecule has 1 fully saturated rings. The highest BCUT2D eigenvalue weighted by molar-refractivity contribution is 5.39. The summed E-state index contributed by atoms with van der Waals surface area (Å²) < 4.78 is 5.79. The molecule has 0 aliphatic carbocycles. The van der Waals surface area contributed by atoms with Crippen molar-refractivity contribution in [3.63, 3.8) is 0 Å². The smallest absolute Gasteiger partial charge is 0.132 e. The van der Waals surface area contributed by atoms with Crippen molar-refractivity contribution in [2.75, 3.05) is 31.1 Å². The maximum absolute atomic E-state index is 5.79. The van der Waals surface area contributed by atoms with Crippen molar-refractivity contribution in [3.8, 4) is 0 Å². The predicted molar refractivity (Wildman–Crippen MR) is 71.6 cm³/mol. The summed E-state index contributed by atoms with van der Waals surface area (Å²) in [7, 11) is 0. The molecule has 0 aromatic carbocycles. The minimum Gasteiger partial charge on any atom is -0.378 e. The molecule has 0 saturated carbocycles. The van der Waals surface area contributed by atoms with E-state index in [1.165, 1.54) is 0 Å². The lowest BCUT2D eigenvalue weighted by atomic mass is 10.1. The Labute approximate surface area is 108 Å². The van der Waals surface area contributed by atoms with Crippen LogP contribution in [0.4, 0.5) is 5.82 Å². The largest absolute Gasteiger partial charge is 0.378 e. The van der Waals surface area contributed by atoms with E-state index in [0.717, 1.165) is 50.5 Å². The molecule has 0 unspecified atom stereocenters. The number of anilines is 1. The minimum atomic E-state index is 0.385. The molecule has 2 rings (SSSR count). The summed E-state index contributed by atoms with van der Waals surface area (Å²) in [6.45, 7) is 5.49. The normalized spacial score (nSPS) is 17.1. The monoisotopic (exact) mass is 250 g/mol. The highest BCUT2D eigenvalue weighted by Gasteiger charge is 2.20. The van der Waals surface area contributed by atoms with Crippen LogP contribution in [0.3, 0.4) is 0 Å². The first-order valence-corrected chi connectivity index (χ1v) is 6.65. The Morgan fingerprint density at radius 2 is 2.17 bits per heavy atom. The average molecular weight is 250 g/mol. The number of ether oxygens (including phenoxy) is 1. The lowest BCUT2D eigenvalue weighted by molar-refractivity contribution is 0.0365. The number of aryl methyl sites for hydroxylation is 1. The van der Waals surface area contributed by atoms with Crippen molar-refractivity contribution < 1.29 is 4.74 Å². The van der Waals surface area contributed by atoms with Gasteiger partial charge in [0.2, 0.25) is 0 Å². The van der Waals surface area contributed by atoms with Crippen LogP contribution in [0.2, 0.25) is 0 Å². The summed E-state index contributed by atoms with van der Waals surface area (Å²) in [5.41, 5.74) is 6.47. The van der Waals surface area contributed by atoms with E-state index in [4.69, 9.17) is 10.5 Å². The molecule has 18 heavy (non-hydrogen) atoms. The zero-order chi connectivity index (χ0) is 12.8. The van der Waals surface area contributed by atoms with Gasteiger partial charge in [0.15, 0.2) is 0 Å². The van der Waals surface area contributed by atoms with Crippen molar-refractivity contribution in [2.45, 2.75) is 32.3 Å². The fourth-order valence-electron chi connectivity index (χ4n) is 2.20. The van der Waals surface area contributed by atoms with E-state index < -0.39 is 0 Å². The third-order valence-electron chi connectivity index (χ3n) is 3.26. The lowest BCUT2D eigenvalue weighted by Gasteiger charge is -2.32. The van der Waals surface area contributed by atoms with Crippen molar-refractivity contribution in [1.82, 2.24) is 9.97 Å². The molecule has 0 amide bonds. The van der Waals surface area contributed by atoms with Crippen molar-refractivity contribution in [1.29, 1.82) is 0 Å². The van der Waals surface area contributed by atoms with Gasteiger partial charge in [0.1, 0.15) is 12.1 Å². The highest BCUT2D eigenvalue weighted by Crippen LogP contribution is 2.19. The van der Waals surface area contributed by atoms with E-state index in [-0.39, 0.29) is 0 Å². The Hall–Kier alpha value is -1.20. The Morgan fingerprint density at radius 1 is 1.39 bits per heavy atom. The van der Waals surface area contributed by atoms with Crippen molar-refractivity contribution in [3.05, 3.63) is 18.1 Å². The SMILES string of the molecule is Cc1cc(N2CCC(OCCCN)CC2)ncn1. The molecule has 1 saturated heterocycles. The Kier molecular flexibility index (Phi) is 4.90.